The van der Waals surface area contributed by atoms with Gasteiger partial charge in [-0.05, 0) is 30.7 Å². The van der Waals surface area contributed by atoms with Crippen molar-refractivity contribution < 1.29 is 0 Å². The standard InChI is InChI=1S/C11H17N3S/c12-9-4-5-11(13-7-9)14-8-10-3-1-2-6-15-10/h4-5,7,10H,1-3,6,8,12H2,(H,13,14). The van der Waals surface area contributed by atoms with Gasteiger partial charge in [-0.2, -0.15) is 11.8 Å². The molecule has 1 aromatic heterocycles. The summed E-state index contributed by atoms with van der Waals surface area (Å²) in [6, 6.07) is 3.81. The number of aromatic nitrogens is 1. The molecular formula is C11H17N3S. The Morgan fingerprint density at radius 3 is 3.07 bits per heavy atom. The molecule has 0 amide bonds. The Labute approximate surface area is 94.8 Å². The van der Waals surface area contributed by atoms with E-state index in [1.807, 2.05) is 12.1 Å². The van der Waals surface area contributed by atoms with E-state index >= 15 is 0 Å². The molecule has 1 atom stereocenters. The van der Waals surface area contributed by atoms with E-state index in [9.17, 15) is 0 Å². The fourth-order valence-electron chi connectivity index (χ4n) is 1.70. The van der Waals surface area contributed by atoms with Gasteiger partial charge in [0.2, 0.25) is 0 Å². The van der Waals surface area contributed by atoms with Crippen LogP contribution in [0.1, 0.15) is 19.3 Å². The molecule has 3 nitrogen and oxygen atoms in total. The third-order valence-electron chi connectivity index (χ3n) is 2.57. The summed E-state index contributed by atoms with van der Waals surface area (Å²) in [5, 5.41) is 4.10. The van der Waals surface area contributed by atoms with Crippen LogP contribution in [0.5, 0.6) is 0 Å². The highest BCUT2D eigenvalue weighted by Crippen LogP contribution is 2.25. The average Bonchev–Trinajstić information content (AvgIpc) is 2.30. The third kappa shape index (κ3) is 3.30. The normalized spacial score (nSPS) is 21.2. The number of thioether (sulfide) groups is 1. The third-order valence-corrected chi connectivity index (χ3v) is 3.97. The second-order valence-electron chi connectivity index (χ2n) is 3.85. The summed E-state index contributed by atoms with van der Waals surface area (Å²) in [6.45, 7) is 1.02. The fraction of sp³-hybridized carbons (Fsp3) is 0.545. The summed E-state index contributed by atoms with van der Waals surface area (Å²) < 4.78 is 0. The van der Waals surface area contributed by atoms with Crippen LogP contribution in [0.3, 0.4) is 0 Å². The topological polar surface area (TPSA) is 50.9 Å². The zero-order chi connectivity index (χ0) is 10.5. The SMILES string of the molecule is Nc1ccc(NCC2CCCCS2)nc1. The van der Waals surface area contributed by atoms with E-state index in [0.29, 0.717) is 5.69 Å². The lowest BCUT2D eigenvalue weighted by Crippen LogP contribution is -2.20. The van der Waals surface area contributed by atoms with Crippen LogP contribution in [0.2, 0.25) is 0 Å². The Morgan fingerprint density at radius 2 is 2.40 bits per heavy atom. The van der Waals surface area contributed by atoms with Crippen LogP contribution < -0.4 is 11.1 Å². The molecule has 1 unspecified atom stereocenters. The maximum atomic E-state index is 5.57. The van der Waals surface area contributed by atoms with Crippen LogP contribution in [-0.4, -0.2) is 22.5 Å². The first-order valence-corrected chi connectivity index (χ1v) is 6.46. The molecule has 0 spiro atoms. The van der Waals surface area contributed by atoms with Crippen molar-refractivity contribution in [1.29, 1.82) is 0 Å². The molecule has 1 fully saturated rings. The molecule has 0 aromatic carbocycles. The van der Waals surface area contributed by atoms with Crippen molar-refractivity contribution in [2.75, 3.05) is 23.3 Å². The summed E-state index contributed by atoms with van der Waals surface area (Å²) in [6.07, 6.45) is 5.76. The summed E-state index contributed by atoms with van der Waals surface area (Å²) in [4.78, 5) is 4.22. The van der Waals surface area contributed by atoms with E-state index in [2.05, 4.69) is 22.1 Å². The van der Waals surface area contributed by atoms with Crippen molar-refractivity contribution in [3.8, 4) is 0 Å². The molecule has 0 saturated carbocycles. The van der Waals surface area contributed by atoms with Gasteiger partial charge in [0, 0.05) is 11.8 Å². The Bertz CT molecular complexity index is 293. The number of hydrogen-bond donors (Lipinski definition) is 2. The smallest absolute Gasteiger partial charge is 0.126 e. The minimum absolute atomic E-state index is 0.715. The lowest BCUT2D eigenvalue weighted by molar-refractivity contribution is 0.677. The first-order valence-electron chi connectivity index (χ1n) is 5.41. The number of rotatable bonds is 3. The van der Waals surface area contributed by atoms with Gasteiger partial charge in [0.05, 0.1) is 11.9 Å². The molecule has 0 bridgehead atoms. The van der Waals surface area contributed by atoms with Gasteiger partial charge in [-0.15, -0.1) is 0 Å². The number of nitrogens with one attached hydrogen (secondary N) is 1. The van der Waals surface area contributed by atoms with E-state index in [-0.39, 0.29) is 0 Å². The predicted octanol–water partition coefficient (Wildman–Crippen LogP) is 2.36. The van der Waals surface area contributed by atoms with Crippen LogP contribution in [0.15, 0.2) is 18.3 Å². The van der Waals surface area contributed by atoms with Crippen molar-refractivity contribution in [3.05, 3.63) is 18.3 Å². The average molecular weight is 223 g/mol. The van der Waals surface area contributed by atoms with Crippen molar-refractivity contribution in [2.24, 2.45) is 0 Å². The second kappa shape index (κ2) is 5.26. The molecule has 1 aliphatic heterocycles. The highest BCUT2D eigenvalue weighted by atomic mass is 32.2. The Morgan fingerprint density at radius 1 is 1.47 bits per heavy atom. The number of nitrogens with zero attached hydrogens (tertiary/aromatic N) is 1. The first kappa shape index (κ1) is 10.6. The maximum Gasteiger partial charge on any atom is 0.126 e. The molecule has 2 heterocycles. The van der Waals surface area contributed by atoms with Crippen LogP contribution in [0.25, 0.3) is 0 Å². The van der Waals surface area contributed by atoms with Gasteiger partial charge in [-0.25, -0.2) is 4.98 Å². The monoisotopic (exact) mass is 223 g/mol. The summed E-state index contributed by atoms with van der Waals surface area (Å²) in [5.74, 6) is 2.23. The second-order valence-corrected chi connectivity index (χ2v) is 5.25. The predicted molar refractivity (Wildman–Crippen MR) is 67.2 cm³/mol. The van der Waals surface area contributed by atoms with Gasteiger partial charge < -0.3 is 11.1 Å². The molecule has 82 valence electrons. The lowest BCUT2D eigenvalue weighted by Gasteiger charge is -2.21. The maximum absolute atomic E-state index is 5.57. The van der Waals surface area contributed by atoms with Gasteiger partial charge in [0.1, 0.15) is 5.82 Å². The Balaban J connectivity index is 1.79. The van der Waals surface area contributed by atoms with E-state index in [1.54, 1.807) is 6.20 Å². The van der Waals surface area contributed by atoms with Crippen molar-refractivity contribution in [3.63, 3.8) is 0 Å². The zero-order valence-corrected chi connectivity index (χ0v) is 9.59. The number of anilines is 2. The minimum atomic E-state index is 0.715. The largest absolute Gasteiger partial charge is 0.397 e. The quantitative estimate of drug-likeness (QED) is 0.826. The first-order chi connectivity index (χ1) is 7.34. The summed E-state index contributed by atoms with van der Waals surface area (Å²) >= 11 is 2.07. The molecular weight excluding hydrogens is 206 g/mol. The molecule has 2 rings (SSSR count). The molecule has 0 aliphatic carbocycles. The molecule has 1 aliphatic rings. The number of nitrogens with two attached hydrogens (primary N) is 1. The van der Waals surface area contributed by atoms with E-state index in [1.165, 1.54) is 25.0 Å². The van der Waals surface area contributed by atoms with Crippen molar-refractivity contribution in [1.82, 2.24) is 4.98 Å². The summed E-state index contributed by atoms with van der Waals surface area (Å²) in [5.41, 5.74) is 6.29. The van der Waals surface area contributed by atoms with Crippen LogP contribution in [0, 0.1) is 0 Å². The van der Waals surface area contributed by atoms with E-state index in [4.69, 9.17) is 5.73 Å². The molecule has 0 radical (unpaired) electrons. The van der Waals surface area contributed by atoms with E-state index in [0.717, 1.165) is 17.6 Å². The van der Waals surface area contributed by atoms with Crippen LogP contribution >= 0.6 is 11.8 Å². The van der Waals surface area contributed by atoms with Gasteiger partial charge in [0.15, 0.2) is 0 Å². The Hall–Kier alpha value is -0.900. The van der Waals surface area contributed by atoms with Gasteiger partial charge in [-0.3, -0.25) is 0 Å². The van der Waals surface area contributed by atoms with Gasteiger partial charge in [-0.1, -0.05) is 6.42 Å². The van der Waals surface area contributed by atoms with Crippen LogP contribution in [-0.2, 0) is 0 Å². The molecule has 15 heavy (non-hydrogen) atoms. The minimum Gasteiger partial charge on any atom is -0.397 e. The zero-order valence-electron chi connectivity index (χ0n) is 8.78. The van der Waals surface area contributed by atoms with E-state index < -0.39 is 0 Å². The van der Waals surface area contributed by atoms with Crippen molar-refractivity contribution >= 4 is 23.3 Å². The number of pyridine rings is 1. The fourth-order valence-corrected chi connectivity index (χ4v) is 2.94. The highest BCUT2D eigenvalue weighted by molar-refractivity contribution is 7.99. The van der Waals surface area contributed by atoms with Crippen LogP contribution in [0.4, 0.5) is 11.5 Å². The number of nitrogen functional groups attached to an aromatic ring is 1. The van der Waals surface area contributed by atoms with Gasteiger partial charge >= 0.3 is 0 Å². The van der Waals surface area contributed by atoms with Gasteiger partial charge in [0.25, 0.3) is 0 Å². The Kier molecular flexibility index (Phi) is 3.72. The van der Waals surface area contributed by atoms with Crippen molar-refractivity contribution in [2.45, 2.75) is 24.5 Å². The molecule has 3 N–H and O–H groups in total. The highest BCUT2D eigenvalue weighted by Gasteiger charge is 2.13. The molecule has 1 saturated heterocycles. The molecule has 4 heteroatoms. The summed E-state index contributed by atoms with van der Waals surface area (Å²) in [7, 11) is 0. The number of hydrogen-bond acceptors (Lipinski definition) is 4. The lowest BCUT2D eigenvalue weighted by atomic mass is 10.2. The molecule has 1 aromatic rings.